The van der Waals surface area contributed by atoms with Gasteiger partial charge in [-0.05, 0) is 38.6 Å². The molecule has 1 N–H and O–H groups in total. The Balaban J connectivity index is 1.46. The van der Waals surface area contributed by atoms with Crippen molar-refractivity contribution < 1.29 is 9.53 Å². The highest BCUT2D eigenvalue weighted by molar-refractivity contribution is 7.11. The van der Waals surface area contributed by atoms with Gasteiger partial charge in [0.1, 0.15) is 0 Å². The van der Waals surface area contributed by atoms with Crippen LogP contribution < -0.4 is 5.32 Å². The average Bonchev–Trinajstić information content (AvgIpc) is 3.24. The van der Waals surface area contributed by atoms with Crippen molar-refractivity contribution in [2.75, 3.05) is 26.3 Å². The maximum Gasteiger partial charge on any atom is 0.237 e. The number of amides is 1. The van der Waals surface area contributed by atoms with E-state index in [1.807, 2.05) is 6.20 Å². The van der Waals surface area contributed by atoms with Crippen molar-refractivity contribution in [3.05, 3.63) is 16.1 Å². The molecule has 128 valence electrons. The summed E-state index contributed by atoms with van der Waals surface area (Å²) in [6, 6.07) is 0.577. The van der Waals surface area contributed by atoms with Crippen LogP contribution in [0.2, 0.25) is 0 Å². The molecule has 3 heterocycles. The fourth-order valence-electron chi connectivity index (χ4n) is 3.56. The van der Waals surface area contributed by atoms with Gasteiger partial charge in [-0.25, -0.2) is 4.98 Å². The molecule has 0 aromatic carbocycles. The van der Waals surface area contributed by atoms with Crippen molar-refractivity contribution in [1.82, 2.24) is 15.2 Å². The summed E-state index contributed by atoms with van der Waals surface area (Å²) in [4.78, 5) is 20.7. The van der Waals surface area contributed by atoms with Crippen molar-refractivity contribution in [3.8, 4) is 0 Å². The molecule has 2 aliphatic heterocycles. The first-order valence-electron chi connectivity index (χ1n) is 8.82. The van der Waals surface area contributed by atoms with Crippen molar-refractivity contribution in [2.24, 2.45) is 0 Å². The molecule has 23 heavy (non-hydrogen) atoms. The summed E-state index contributed by atoms with van der Waals surface area (Å²) in [7, 11) is 0. The van der Waals surface area contributed by atoms with Crippen LogP contribution in [0, 0.1) is 0 Å². The van der Waals surface area contributed by atoms with E-state index in [4.69, 9.17) is 4.74 Å². The van der Waals surface area contributed by atoms with Gasteiger partial charge in [0, 0.05) is 43.3 Å². The topological polar surface area (TPSA) is 54.5 Å². The molecule has 0 saturated carbocycles. The summed E-state index contributed by atoms with van der Waals surface area (Å²) in [6.45, 7) is 5.55. The van der Waals surface area contributed by atoms with Crippen LogP contribution in [0.3, 0.4) is 0 Å². The number of thiazole rings is 1. The predicted octanol–water partition coefficient (Wildman–Crippen LogP) is 2.01. The average molecular weight is 337 g/mol. The molecule has 1 amide bonds. The number of carbonyl (C=O) groups excluding carboxylic acids is 1. The van der Waals surface area contributed by atoms with Crippen molar-refractivity contribution in [2.45, 2.75) is 57.5 Å². The number of aryl methyl sites for hydroxylation is 1. The molecule has 6 heteroatoms. The lowest BCUT2D eigenvalue weighted by atomic mass is 10.1. The van der Waals surface area contributed by atoms with Gasteiger partial charge in [-0.15, -0.1) is 11.3 Å². The molecule has 1 aromatic rings. The summed E-state index contributed by atoms with van der Waals surface area (Å²) >= 11 is 1.75. The van der Waals surface area contributed by atoms with E-state index >= 15 is 0 Å². The minimum absolute atomic E-state index is 0.0561. The minimum Gasteiger partial charge on any atom is -0.381 e. The molecule has 0 radical (unpaired) electrons. The van der Waals surface area contributed by atoms with E-state index in [0.29, 0.717) is 12.6 Å². The van der Waals surface area contributed by atoms with Crippen LogP contribution in [0.1, 0.15) is 42.5 Å². The van der Waals surface area contributed by atoms with Gasteiger partial charge in [-0.2, -0.15) is 0 Å². The van der Waals surface area contributed by atoms with Crippen LogP contribution in [-0.4, -0.2) is 54.2 Å². The molecular formula is C17H27N3O2S. The Morgan fingerprint density at radius 2 is 2.26 bits per heavy atom. The molecule has 1 aromatic heterocycles. The first kappa shape index (κ1) is 16.9. The highest BCUT2D eigenvalue weighted by atomic mass is 32.1. The molecular weight excluding hydrogens is 310 g/mol. The number of ether oxygens (including phenoxy) is 1. The van der Waals surface area contributed by atoms with Crippen LogP contribution >= 0.6 is 11.3 Å². The molecule has 0 spiro atoms. The summed E-state index contributed by atoms with van der Waals surface area (Å²) in [5, 5.41) is 4.24. The predicted molar refractivity (Wildman–Crippen MR) is 91.8 cm³/mol. The van der Waals surface area contributed by atoms with Crippen LogP contribution in [0.5, 0.6) is 0 Å². The first-order valence-corrected chi connectivity index (χ1v) is 9.64. The van der Waals surface area contributed by atoms with Crippen molar-refractivity contribution in [3.63, 3.8) is 0 Å². The fourth-order valence-corrected chi connectivity index (χ4v) is 4.42. The quantitative estimate of drug-likeness (QED) is 0.863. The largest absolute Gasteiger partial charge is 0.381 e. The Bertz CT molecular complexity index is 514. The number of likely N-dealkylation sites (tertiary alicyclic amines) is 1. The van der Waals surface area contributed by atoms with E-state index in [0.717, 1.165) is 63.3 Å². The van der Waals surface area contributed by atoms with Crippen LogP contribution in [-0.2, 0) is 22.4 Å². The zero-order valence-electron chi connectivity index (χ0n) is 13.9. The summed E-state index contributed by atoms with van der Waals surface area (Å²) in [6.07, 6.45) is 8.05. The third-order valence-corrected chi connectivity index (χ3v) is 6.05. The van der Waals surface area contributed by atoms with Gasteiger partial charge in [-0.1, -0.05) is 6.92 Å². The molecule has 0 bridgehead atoms. The van der Waals surface area contributed by atoms with E-state index in [2.05, 4.69) is 22.1 Å². The number of carbonyl (C=O) groups is 1. The van der Waals surface area contributed by atoms with Crippen LogP contribution in [0.15, 0.2) is 6.20 Å². The molecule has 2 aliphatic rings. The Labute approximate surface area is 142 Å². The monoisotopic (exact) mass is 337 g/mol. The normalized spacial score (nSPS) is 23.3. The second-order valence-corrected chi connectivity index (χ2v) is 7.55. The summed E-state index contributed by atoms with van der Waals surface area (Å²) in [5.41, 5.74) is 0. The van der Waals surface area contributed by atoms with Gasteiger partial charge in [0.05, 0.1) is 11.0 Å². The Kier molecular flexibility index (Phi) is 6.02. The zero-order valence-corrected chi connectivity index (χ0v) is 14.7. The second-order valence-electron chi connectivity index (χ2n) is 6.35. The van der Waals surface area contributed by atoms with Gasteiger partial charge in [0.2, 0.25) is 5.91 Å². The maximum atomic E-state index is 12.5. The van der Waals surface area contributed by atoms with E-state index in [9.17, 15) is 4.79 Å². The van der Waals surface area contributed by atoms with E-state index in [1.165, 1.54) is 4.88 Å². The van der Waals surface area contributed by atoms with Gasteiger partial charge in [0.25, 0.3) is 0 Å². The van der Waals surface area contributed by atoms with Gasteiger partial charge in [-0.3, -0.25) is 9.69 Å². The number of aromatic nitrogens is 1. The Hall–Kier alpha value is -0.980. The van der Waals surface area contributed by atoms with E-state index < -0.39 is 0 Å². The maximum absolute atomic E-state index is 12.5. The summed E-state index contributed by atoms with van der Waals surface area (Å²) in [5.74, 6) is 0.196. The third kappa shape index (κ3) is 4.31. The number of nitrogens with one attached hydrogen (secondary N) is 1. The van der Waals surface area contributed by atoms with Crippen LogP contribution in [0.4, 0.5) is 0 Å². The molecule has 2 fully saturated rings. The van der Waals surface area contributed by atoms with Crippen molar-refractivity contribution >= 4 is 17.2 Å². The number of rotatable bonds is 6. The highest BCUT2D eigenvalue weighted by Gasteiger charge is 2.35. The Morgan fingerprint density at radius 1 is 1.43 bits per heavy atom. The Morgan fingerprint density at radius 3 is 3.00 bits per heavy atom. The molecule has 3 rings (SSSR count). The zero-order chi connectivity index (χ0) is 16.1. The van der Waals surface area contributed by atoms with Gasteiger partial charge < -0.3 is 10.1 Å². The molecule has 1 atom stereocenters. The highest BCUT2D eigenvalue weighted by Crippen LogP contribution is 2.25. The van der Waals surface area contributed by atoms with Gasteiger partial charge >= 0.3 is 0 Å². The number of nitrogens with zero attached hydrogens (tertiary/aromatic N) is 2. The lowest BCUT2D eigenvalue weighted by Gasteiger charge is -2.34. The van der Waals surface area contributed by atoms with E-state index in [-0.39, 0.29) is 11.9 Å². The lowest BCUT2D eigenvalue weighted by molar-refractivity contribution is -0.126. The first-order chi connectivity index (χ1) is 11.3. The standard InChI is InChI=1S/C17H27N3O2S/c1-2-14-12-19-16(23-14)5-8-18-17(21)15-4-3-9-20(15)13-6-10-22-11-7-13/h12-13,15H,2-11H2,1H3,(H,18,21)/t15-/m0/s1. The smallest absolute Gasteiger partial charge is 0.237 e. The SMILES string of the molecule is CCc1cnc(CCNC(=O)[C@@H]2CCCN2C2CCOCC2)s1. The lowest BCUT2D eigenvalue weighted by Crippen LogP contribution is -2.49. The second kappa shape index (κ2) is 8.22. The fraction of sp³-hybridized carbons (Fsp3) is 0.765. The molecule has 2 saturated heterocycles. The minimum atomic E-state index is 0.0561. The van der Waals surface area contributed by atoms with Gasteiger partial charge in [0.15, 0.2) is 0 Å². The molecule has 0 aliphatic carbocycles. The summed E-state index contributed by atoms with van der Waals surface area (Å²) < 4.78 is 5.45. The number of hydrogen-bond acceptors (Lipinski definition) is 5. The van der Waals surface area contributed by atoms with Crippen molar-refractivity contribution in [1.29, 1.82) is 0 Å². The molecule has 5 nitrogen and oxygen atoms in total. The van der Waals surface area contributed by atoms with Crippen LogP contribution in [0.25, 0.3) is 0 Å². The third-order valence-electron chi connectivity index (χ3n) is 4.84. The van der Waals surface area contributed by atoms with E-state index in [1.54, 1.807) is 11.3 Å². The number of hydrogen-bond donors (Lipinski definition) is 1. The molecule has 0 unspecified atom stereocenters.